The SMILES string of the molecule is CC.CC.CC(=O)Nc1ccccc1.CCC. The Kier molecular flexibility index (Phi) is 24.9. The zero-order valence-corrected chi connectivity index (χ0v) is 12.5. The average molecular weight is 239 g/mol. The molecule has 0 unspecified atom stereocenters. The molecule has 0 radical (unpaired) electrons. The van der Waals surface area contributed by atoms with E-state index in [0.29, 0.717) is 0 Å². The van der Waals surface area contributed by atoms with Crippen molar-refractivity contribution in [3.8, 4) is 0 Å². The molecule has 0 spiro atoms. The topological polar surface area (TPSA) is 29.1 Å². The predicted octanol–water partition coefficient (Wildman–Crippen LogP) is 5.11. The Balaban J connectivity index is -0.000000239. The highest BCUT2D eigenvalue weighted by molar-refractivity contribution is 5.88. The van der Waals surface area contributed by atoms with Crippen LogP contribution in [0.25, 0.3) is 0 Å². The van der Waals surface area contributed by atoms with Crippen molar-refractivity contribution in [1.82, 2.24) is 0 Å². The first-order valence-electron chi connectivity index (χ1n) is 6.53. The highest BCUT2D eigenvalue weighted by atomic mass is 16.1. The average Bonchev–Trinajstić information content (AvgIpc) is 2.36. The first-order chi connectivity index (χ1) is 8.20. The summed E-state index contributed by atoms with van der Waals surface area (Å²) in [5, 5.41) is 2.67. The second kappa shape index (κ2) is 20.1. The van der Waals surface area contributed by atoms with E-state index in [9.17, 15) is 4.79 Å². The number of carbonyl (C=O) groups is 1. The fourth-order valence-electron chi connectivity index (χ4n) is 0.725. The van der Waals surface area contributed by atoms with Gasteiger partial charge in [-0.15, -0.1) is 0 Å². The summed E-state index contributed by atoms with van der Waals surface area (Å²) < 4.78 is 0. The van der Waals surface area contributed by atoms with Crippen LogP contribution < -0.4 is 5.32 Å². The van der Waals surface area contributed by atoms with Crippen LogP contribution in [0.4, 0.5) is 5.69 Å². The van der Waals surface area contributed by atoms with Gasteiger partial charge in [-0.25, -0.2) is 0 Å². The van der Waals surface area contributed by atoms with E-state index in [-0.39, 0.29) is 5.91 Å². The van der Waals surface area contributed by atoms with Gasteiger partial charge in [0.1, 0.15) is 0 Å². The molecular weight excluding hydrogens is 210 g/mol. The van der Waals surface area contributed by atoms with Gasteiger partial charge in [-0.1, -0.05) is 66.2 Å². The van der Waals surface area contributed by atoms with Gasteiger partial charge in [-0.3, -0.25) is 4.79 Å². The van der Waals surface area contributed by atoms with Gasteiger partial charge < -0.3 is 5.32 Å². The van der Waals surface area contributed by atoms with Crippen LogP contribution in [0, 0.1) is 0 Å². The highest BCUT2D eigenvalue weighted by Gasteiger charge is 1.90. The smallest absolute Gasteiger partial charge is 0.221 e. The molecule has 0 saturated carbocycles. The lowest BCUT2D eigenvalue weighted by molar-refractivity contribution is -0.114. The second-order valence-corrected chi connectivity index (χ2v) is 2.75. The fraction of sp³-hybridized carbons (Fsp3) is 0.533. The number of hydrogen-bond acceptors (Lipinski definition) is 1. The molecule has 0 saturated heterocycles. The third-order valence-electron chi connectivity index (χ3n) is 1.09. The van der Waals surface area contributed by atoms with Crippen LogP contribution in [0.2, 0.25) is 0 Å². The Labute approximate surface area is 107 Å². The monoisotopic (exact) mass is 239 g/mol. The summed E-state index contributed by atoms with van der Waals surface area (Å²) >= 11 is 0. The van der Waals surface area contributed by atoms with E-state index >= 15 is 0 Å². The zero-order valence-electron chi connectivity index (χ0n) is 12.5. The van der Waals surface area contributed by atoms with E-state index in [1.807, 2.05) is 58.0 Å². The molecule has 1 aromatic carbocycles. The van der Waals surface area contributed by atoms with Crippen LogP contribution in [0.3, 0.4) is 0 Å². The molecule has 0 aliphatic rings. The van der Waals surface area contributed by atoms with Crippen molar-refractivity contribution in [3.05, 3.63) is 30.3 Å². The van der Waals surface area contributed by atoms with Crippen molar-refractivity contribution < 1.29 is 4.79 Å². The third kappa shape index (κ3) is 20.7. The van der Waals surface area contributed by atoms with Gasteiger partial charge in [0.15, 0.2) is 0 Å². The van der Waals surface area contributed by atoms with Crippen molar-refractivity contribution in [1.29, 1.82) is 0 Å². The Morgan fingerprint density at radius 2 is 1.35 bits per heavy atom. The lowest BCUT2D eigenvalue weighted by atomic mass is 10.3. The van der Waals surface area contributed by atoms with E-state index in [2.05, 4.69) is 19.2 Å². The van der Waals surface area contributed by atoms with E-state index in [4.69, 9.17) is 0 Å². The Morgan fingerprint density at radius 3 is 1.65 bits per heavy atom. The number of carbonyl (C=O) groups excluding carboxylic acids is 1. The van der Waals surface area contributed by atoms with E-state index in [1.54, 1.807) is 0 Å². The number of amides is 1. The lowest BCUT2D eigenvalue weighted by Crippen LogP contribution is -2.04. The molecule has 17 heavy (non-hydrogen) atoms. The summed E-state index contributed by atoms with van der Waals surface area (Å²) in [7, 11) is 0. The Morgan fingerprint density at radius 1 is 1.00 bits per heavy atom. The minimum Gasteiger partial charge on any atom is -0.326 e. The summed E-state index contributed by atoms with van der Waals surface area (Å²) in [6.07, 6.45) is 1.25. The molecule has 0 aliphatic carbocycles. The lowest BCUT2D eigenvalue weighted by Gasteiger charge is -1.98. The molecule has 1 amide bonds. The quantitative estimate of drug-likeness (QED) is 0.724. The maximum Gasteiger partial charge on any atom is 0.221 e. The van der Waals surface area contributed by atoms with Crippen LogP contribution >= 0.6 is 0 Å². The summed E-state index contributed by atoms with van der Waals surface area (Å²) in [6, 6.07) is 9.37. The number of nitrogens with one attached hydrogen (secondary N) is 1. The van der Waals surface area contributed by atoms with E-state index in [0.717, 1.165) is 5.69 Å². The molecule has 0 aromatic heterocycles. The van der Waals surface area contributed by atoms with Crippen molar-refractivity contribution in [3.63, 3.8) is 0 Å². The third-order valence-corrected chi connectivity index (χ3v) is 1.09. The maximum atomic E-state index is 10.5. The van der Waals surface area contributed by atoms with Crippen molar-refractivity contribution in [2.24, 2.45) is 0 Å². The predicted molar refractivity (Wildman–Crippen MR) is 79.4 cm³/mol. The molecule has 100 valence electrons. The first-order valence-corrected chi connectivity index (χ1v) is 6.53. The zero-order chi connectivity index (χ0) is 14.1. The molecular formula is C15H29NO. The van der Waals surface area contributed by atoms with Crippen LogP contribution in [-0.4, -0.2) is 5.91 Å². The molecule has 0 aliphatic heterocycles. The minimum atomic E-state index is -0.0359. The van der Waals surface area contributed by atoms with Crippen LogP contribution in [0.5, 0.6) is 0 Å². The van der Waals surface area contributed by atoms with Gasteiger partial charge >= 0.3 is 0 Å². The summed E-state index contributed by atoms with van der Waals surface area (Å²) in [4.78, 5) is 10.5. The first kappa shape index (κ1) is 21.0. The molecule has 1 rings (SSSR count). The van der Waals surface area contributed by atoms with Crippen LogP contribution in [0.15, 0.2) is 30.3 Å². The standard InChI is InChI=1S/C8H9NO.C3H8.2C2H6/c1-7(10)9-8-5-3-2-4-6-8;1-3-2;2*1-2/h2-6H,1H3,(H,9,10);3H2,1-2H3;2*1-2H3. The molecule has 1 N–H and O–H groups in total. The number of anilines is 1. The molecule has 2 nitrogen and oxygen atoms in total. The normalized spacial score (nSPS) is 7.00. The van der Waals surface area contributed by atoms with Gasteiger partial charge in [0.05, 0.1) is 0 Å². The maximum absolute atomic E-state index is 10.5. The molecule has 2 heteroatoms. The van der Waals surface area contributed by atoms with Crippen LogP contribution in [0.1, 0.15) is 54.9 Å². The Bertz CT molecular complexity index is 232. The van der Waals surface area contributed by atoms with Crippen molar-refractivity contribution in [2.45, 2.75) is 54.9 Å². The van der Waals surface area contributed by atoms with Gasteiger partial charge in [0.2, 0.25) is 5.91 Å². The van der Waals surface area contributed by atoms with Gasteiger partial charge in [0.25, 0.3) is 0 Å². The second-order valence-electron chi connectivity index (χ2n) is 2.75. The highest BCUT2D eigenvalue weighted by Crippen LogP contribution is 2.03. The largest absolute Gasteiger partial charge is 0.326 e. The van der Waals surface area contributed by atoms with Gasteiger partial charge in [-0.05, 0) is 12.1 Å². The summed E-state index contributed by atoms with van der Waals surface area (Å²) in [6.45, 7) is 13.7. The number of para-hydroxylation sites is 1. The minimum absolute atomic E-state index is 0.0359. The number of hydrogen-bond donors (Lipinski definition) is 1. The van der Waals surface area contributed by atoms with Crippen molar-refractivity contribution >= 4 is 11.6 Å². The van der Waals surface area contributed by atoms with E-state index in [1.165, 1.54) is 13.3 Å². The van der Waals surface area contributed by atoms with Crippen LogP contribution in [-0.2, 0) is 4.79 Å². The van der Waals surface area contributed by atoms with Gasteiger partial charge in [-0.2, -0.15) is 0 Å². The molecule has 0 heterocycles. The molecule has 0 fully saturated rings. The fourth-order valence-corrected chi connectivity index (χ4v) is 0.725. The number of rotatable bonds is 1. The van der Waals surface area contributed by atoms with E-state index < -0.39 is 0 Å². The summed E-state index contributed by atoms with van der Waals surface area (Å²) in [5.74, 6) is -0.0359. The molecule has 1 aromatic rings. The Hall–Kier alpha value is -1.31. The molecule has 0 bridgehead atoms. The van der Waals surface area contributed by atoms with Gasteiger partial charge in [0, 0.05) is 12.6 Å². The summed E-state index contributed by atoms with van der Waals surface area (Å²) in [5.41, 5.74) is 0.843. The molecule has 0 atom stereocenters. The van der Waals surface area contributed by atoms with Crippen molar-refractivity contribution in [2.75, 3.05) is 5.32 Å². The number of benzene rings is 1.